The maximum atomic E-state index is 11.9. The minimum atomic E-state index is -3.79. The largest absolute Gasteiger partial charge is 0.480 e. The Bertz CT molecular complexity index is 604. The number of carboxylic acid groups (broad SMARTS) is 1. The SMILES string of the molecule is CNS(=O)(=O)c1cc(C(=O)N(C)CC(=O)O)c(C)o1. The van der Waals surface area contributed by atoms with Crippen molar-refractivity contribution in [2.45, 2.75) is 12.0 Å². The molecule has 0 aliphatic heterocycles. The summed E-state index contributed by atoms with van der Waals surface area (Å²) in [6.45, 7) is 0.939. The number of amides is 1. The number of likely N-dealkylation sites (N-methyl/N-ethyl adjacent to an activating group) is 1. The van der Waals surface area contributed by atoms with Crippen LogP contribution in [0.3, 0.4) is 0 Å². The molecule has 1 aromatic heterocycles. The monoisotopic (exact) mass is 290 g/mol. The van der Waals surface area contributed by atoms with E-state index in [1.165, 1.54) is 21.0 Å². The van der Waals surface area contributed by atoms with Crippen molar-refractivity contribution in [2.24, 2.45) is 0 Å². The lowest BCUT2D eigenvalue weighted by Gasteiger charge is -2.13. The normalized spacial score (nSPS) is 11.3. The van der Waals surface area contributed by atoms with E-state index in [4.69, 9.17) is 9.52 Å². The zero-order valence-corrected chi connectivity index (χ0v) is 11.4. The molecule has 1 rings (SSSR count). The average Bonchev–Trinajstić information content (AvgIpc) is 2.70. The predicted octanol–water partition coefficient (Wildman–Crippen LogP) is -0.347. The number of hydrogen-bond acceptors (Lipinski definition) is 5. The Labute approximate surface area is 110 Å². The minimum absolute atomic E-state index is 0.0116. The number of rotatable bonds is 5. The second-order valence-corrected chi connectivity index (χ2v) is 5.62. The molecule has 0 fully saturated rings. The van der Waals surface area contributed by atoms with E-state index < -0.39 is 28.4 Å². The summed E-state index contributed by atoms with van der Waals surface area (Å²) in [5, 5.41) is 8.21. The third kappa shape index (κ3) is 3.32. The van der Waals surface area contributed by atoms with Crippen molar-refractivity contribution >= 4 is 21.9 Å². The smallest absolute Gasteiger partial charge is 0.323 e. The van der Waals surface area contributed by atoms with Gasteiger partial charge in [-0.1, -0.05) is 0 Å². The molecule has 0 bridgehead atoms. The van der Waals surface area contributed by atoms with E-state index in [2.05, 4.69) is 4.72 Å². The molecule has 1 aromatic rings. The first-order chi connectivity index (χ1) is 8.69. The third-order valence-corrected chi connectivity index (χ3v) is 3.65. The molecular weight excluding hydrogens is 276 g/mol. The number of nitrogens with one attached hydrogen (secondary N) is 1. The zero-order valence-electron chi connectivity index (χ0n) is 10.6. The van der Waals surface area contributed by atoms with E-state index in [1.807, 2.05) is 0 Å². The molecule has 8 nitrogen and oxygen atoms in total. The van der Waals surface area contributed by atoms with Crippen LogP contribution in [0, 0.1) is 6.92 Å². The van der Waals surface area contributed by atoms with E-state index >= 15 is 0 Å². The van der Waals surface area contributed by atoms with Crippen molar-refractivity contribution in [1.29, 1.82) is 0 Å². The van der Waals surface area contributed by atoms with E-state index in [9.17, 15) is 18.0 Å². The highest BCUT2D eigenvalue weighted by atomic mass is 32.2. The fourth-order valence-corrected chi connectivity index (χ4v) is 2.09. The van der Waals surface area contributed by atoms with Crippen molar-refractivity contribution in [2.75, 3.05) is 20.6 Å². The zero-order chi connectivity index (χ0) is 14.8. The van der Waals surface area contributed by atoms with Gasteiger partial charge in [0.25, 0.3) is 15.9 Å². The summed E-state index contributed by atoms with van der Waals surface area (Å²) in [6, 6.07) is 1.07. The highest BCUT2D eigenvalue weighted by Crippen LogP contribution is 2.20. The minimum Gasteiger partial charge on any atom is -0.480 e. The Kier molecular flexibility index (Phi) is 4.32. The number of sulfonamides is 1. The summed E-state index contributed by atoms with van der Waals surface area (Å²) in [5.74, 6) is -1.68. The van der Waals surface area contributed by atoms with Crippen molar-refractivity contribution < 1.29 is 27.5 Å². The van der Waals surface area contributed by atoms with Gasteiger partial charge in [0, 0.05) is 13.1 Å². The summed E-state index contributed by atoms with van der Waals surface area (Å²) in [4.78, 5) is 23.4. The Morgan fingerprint density at radius 2 is 2.05 bits per heavy atom. The molecule has 106 valence electrons. The molecule has 0 aliphatic rings. The lowest BCUT2D eigenvalue weighted by atomic mass is 10.2. The summed E-state index contributed by atoms with van der Waals surface area (Å²) < 4.78 is 30.1. The first-order valence-corrected chi connectivity index (χ1v) is 6.68. The first-order valence-electron chi connectivity index (χ1n) is 5.20. The van der Waals surface area contributed by atoms with Gasteiger partial charge in [-0.05, 0) is 14.0 Å². The summed E-state index contributed by atoms with van der Waals surface area (Å²) in [7, 11) is -1.27. The number of carboxylic acids is 1. The second kappa shape index (κ2) is 5.41. The number of hydrogen-bond donors (Lipinski definition) is 2. The fraction of sp³-hybridized carbons (Fsp3) is 0.400. The van der Waals surface area contributed by atoms with Crippen LogP contribution in [0.1, 0.15) is 16.1 Å². The summed E-state index contributed by atoms with van der Waals surface area (Å²) in [5.41, 5.74) is 0.0116. The van der Waals surface area contributed by atoms with Gasteiger partial charge in [0.05, 0.1) is 5.56 Å². The summed E-state index contributed by atoms with van der Waals surface area (Å²) in [6.07, 6.45) is 0. The van der Waals surface area contributed by atoms with E-state index in [1.54, 1.807) is 0 Å². The van der Waals surface area contributed by atoms with Gasteiger partial charge in [0.15, 0.2) is 0 Å². The average molecular weight is 290 g/mol. The van der Waals surface area contributed by atoms with Crippen LogP contribution in [-0.2, 0) is 14.8 Å². The Morgan fingerprint density at radius 3 is 2.53 bits per heavy atom. The molecule has 1 heterocycles. The maximum Gasteiger partial charge on any atom is 0.323 e. The van der Waals surface area contributed by atoms with Crippen LogP contribution in [0.4, 0.5) is 0 Å². The Balaban J connectivity index is 3.10. The highest BCUT2D eigenvalue weighted by Gasteiger charge is 2.24. The first kappa shape index (κ1) is 15.2. The van der Waals surface area contributed by atoms with E-state index in [0.717, 1.165) is 11.0 Å². The van der Waals surface area contributed by atoms with Gasteiger partial charge >= 0.3 is 5.97 Å². The van der Waals surface area contributed by atoms with Crippen molar-refractivity contribution in [3.63, 3.8) is 0 Å². The molecule has 19 heavy (non-hydrogen) atoms. The van der Waals surface area contributed by atoms with Gasteiger partial charge in [-0.2, -0.15) is 0 Å². The van der Waals surface area contributed by atoms with Crippen LogP contribution in [0.2, 0.25) is 0 Å². The van der Waals surface area contributed by atoms with Gasteiger partial charge in [-0.15, -0.1) is 0 Å². The third-order valence-electron chi connectivity index (χ3n) is 2.38. The van der Waals surface area contributed by atoms with Gasteiger partial charge in [0.1, 0.15) is 12.3 Å². The highest BCUT2D eigenvalue weighted by molar-refractivity contribution is 7.89. The maximum absolute atomic E-state index is 11.9. The lowest BCUT2D eigenvalue weighted by Crippen LogP contribution is -2.32. The van der Waals surface area contributed by atoms with Crippen LogP contribution in [-0.4, -0.2) is 50.9 Å². The molecule has 9 heteroatoms. The van der Waals surface area contributed by atoms with Gasteiger partial charge in [-0.25, -0.2) is 13.1 Å². The number of furan rings is 1. The fourth-order valence-electron chi connectivity index (χ4n) is 1.38. The molecule has 1 amide bonds. The van der Waals surface area contributed by atoms with Crippen LogP contribution in [0.15, 0.2) is 15.6 Å². The number of carbonyl (C=O) groups is 2. The summed E-state index contributed by atoms with van der Waals surface area (Å²) >= 11 is 0. The molecule has 0 unspecified atom stereocenters. The Hall–Kier alpha value is -1.87. The van der Waals surface area contributed by atoms with Crippen molar-refractivity contribution in [3.8, 4) is 0 Å². The number of aryl methyl sites for hydroxylation is 1. The van der Waals surface area contributed by atoms with Gasteiger partial charge in [-0.3, -0.25) is 9.59 Å². The number of nitrogens with zero attached hydrogens (tertiary/aromatic N) is 1. The lowest BCUT2D eigenvalue weighted by molar-refractivity contribution is -0.137. The Morgan fingerprint density at radius 1 is 1.47 bits per heavy atom. The predicted molar refractivity (Wildman–Crippen MR) is 64.3 cm³/mol. The number of aliphatic carboxylic acids is 1. The van der Waals surface area contributed by atoms with Crippen molar-refractivity contribution in [3.05, 3.63) is 17.4 Å². The molecule has 0 atom stereocenters. The second-order valence-electron chi connectivity index (χ2n) is 3.80. The quantitative estimate of drug-likeness (QED) is 0.765. The van der Waals surface area contributed by atoms with Gasteiger partial charge < -0.3 is 14.4 Å². The van der Waals surface area contributed by atoms with E-state index in [-0.39, 0.29) is 16.4 Å². The molecule has 0 saturated heterocycles. The molecule has 0 aromatic carbocycles. The van der Waals surface area contributed by atoms with Crippen LogP contribution < -0.4 is 4.72 Å². The van der Waals surface area contributed by atoms with E-state index in [0.29, 0.717) is 0 Å². The molecule has 2 N–H and O–H groups in total. The topological polar surface area (TPSA) is 117 Å². The molecule has 0 saturated carbocycles. The molecule has 0 spiro atoms. The molecule has 0 radical (unpaired) electrons. The molecular formula is C10H14N2O6S. The standard InChI is InChI=1S/C10H14N2O6S/c1-6-7(10(15)12(3)5-8(13)14)4-9(18-6)19(16,17)11-2/h4,11H,5H2,1-3H3,(H,13,14). The van der Waals surface area contributed by atoms with Gasteiger partial charge in [0.2, 0.25) is 5.09 Å². The van der Waals surface area contributed by atoms with Crippen LogP contribution in [0.25, 0.3) is 0 Å². The van der Waals surface area contributed by atoms with Crippen LogP contribution >= 0.6 is 0 Å². The van der Waals surface area contributed by atoms with Crippen molar-refractivity contribution in [1.82, 2.24) is 9.62 Å². The van der Waals surface area contributed by atoms with Crippen LogP contribution in [0.5, 0.6) is 0 Å². The number of carbonyl (C=O) groups excluding carboxylic acids is 1. The molecule has 0 aliphatic carbocycles.